The number of rotatable bonds is 2. The summed E-state index contributed by atoms with van der Waals surface area (Å²) in [7, 11) is 0. The first-order chi connectivity index (χ1) is 8.20. The maximum atomic E-state index is 11.0. The molecule has 0 unspecified atom stereocenters. The molecule has 0 bridgehead atoms. The van der Waals surface area contributed by atoms with Gasteiger partial charge in [0.05, 0.1) is 17.6 Å². The van der Waals surface area contributed by atoms with Gasteiger partial charge < -0.3 is 10.0 Å². The third-order valence-electron chi connectivity index (χ3n) is 3.13. The number of hydrogen-bond donors (Lipinski definition) is 1. The van der Waals surface area contributed by atoms with Gasteiger partial charge in [-0.05, 0) is 37.1 Å². The lowest BCUT2D eigenvalue weighted by Crippen LogP contribution is -2.38. The zero-order valence-electron chi connectivity index (χ0n) is 9.47. The Morgan fingerprint density at radius 1 is 1.41 bits per heavy atom. The molecule has 0 saturated carbocycles. The van der Waals surface area contributed by atoms with Crippen LogP contribution in [0.4, 0.5) is 5.69 Å². The summed E-state index contributed by atoms with van der Waals surface area (Å²) in [5, 5.41) is 17.7. The molecule has 17 heavy (non-hydrogen) atoms. The van der Waals surface area contributed by atoms with Gasteiger partial charge in [-0.25, -0.2) is 0 Å². The summed E-state index contributed by atoms with van der Waals surface area (Å²) < 4.78 is 0. The molecule has 1 N–H and O–H groups in total. The molecule has 1 aromatic rings. The predicted octanol–water partition coefficient (Wildman–Crippen LogP) is 1.86. The van der Waals surface area contributed by atoms with E-state index in [1.54, 1.807) is 12.1 Å². The van der Waals surface area contributed by atoms with Crippen molar-refractivity contribution in [1.82, 2.24) is 0 Å². The number of piperidine rings is 1. The van der Waals surface area contributed by atoms with Crippen LogP contribution >= 0.6 is 0 Å². The van der Waals surface area contributed by atoms with Crippen molar-refractivity contribution in [2.24, 2.45) is 5.92 Å². The van der Waals surface area contributed by atoms with Gasteiger partial charge in [-0.15, -0.1) is 0 Å². The van der Waals surface area contributed by atoms with Crippen LogP contribution in [0.15, 0.2) is 24.3 Å². The van der Waals surface area contributed by atoms with E-state index in [-0.39, 0.29) is 5.92 Å². The van der Waals surface area contributed by atoms with Crippen molar-refractivity contribution in [2.75, 3.05) is 18.0 Å². The lowest BCUT2D eigenvalue weighted by Gasteiger charge is -2.32. The van der Waals surface area contributed by atoms with E-state index in [1.165, 1.54) is 0 Å². The number of aliphatic carboxylic acids is 1. The minimum atomic E-state index is -0.719. The Bertz CT molecular complexity index is 447. The van der Waals surface area contributed by atoms with E-state index in [0.29, 0.717) is 12.1 Å². The first-order valence-corrected chi connectivity index (χ1v) is 5.68. The summed E-state index contributed by atoms with van der Waals surface area (Å²) in [6, 6.07) is 9.35. The van der Waals surface area contributed by atoms with Gasteiger partial charge in [-0.2, -0.15) is 5.26 Å². The average Bonchev–Trinajstić information content (AvgIpc) is 2.39. The van der Waals surface area contributed by atoms with Gasteiger partial charge >= 0.3 is 5.97 Å². The number of nitriles is 1. The van der Waals surface area contributed by atoms with Gasteiger partial charge in [0.25, 0.3) is 0 Å². The monoisotopic (exact) mass is 230 g/mol. The zero-order valence-corrected chi connectivity index (χ0v) is 9.47. The van der Waals surface area contributed by atoms with Crippen LogP contribution < -0.4 is 4.90 Å². The molecule has 4 nitrogen and oxygen atoms in total. The average molecular weight is 230 g/mol. The minimum Gasteiger partial charge on any atom is -0.481 e. The van der Waals surface area contributed by atoms with Crippen molar-refractivity contribution in [3.8, 4) is 6.07 Å². The maximum Gasteiger partial charge on any atom is 0.308 e. The van der Waals surface area contributed by atoms with Crippen LogP contribution in [0.5, 0.6) is 0 Å². The van der Waals surface area contributed by atoms with Crippen molar-refractivity contribution >= 4 is 11.7 Å². The number of carboxylic acids is 1. The highest BCUT2D eigenvalue weighted by molar-refractivity contribution is 5.71. The molecule has 1 aromatic carbocycles. The normalized spacial score (nSPS) is 19.7. The summed E-state index contributed by atoms with van der Waals surface area (Å²) in [6.07, 6.45) is 1.65. The number of carbonyl (C=O) groups is 1. The van der Waals surface area contributed by atoms with E-state index < -0.39 is 5.97 Å². The van der Waals surface area contributed by atoms with Crippen LogP contribution in [-0.2, 0) is 4.79 Å². The quantitative estimate of drug-likeness (QED) is 0.842. The van der Waals surface area contributed by atoms with Gasteiger partial charge in [-0.3, -0.25) is 4.79 Å². The van der Waals surface area contributed by atoms with E-state index in [0.717, 1.165) is 25.1 Å². The first kappa shape index (κ1) is 11.5. The molecule has 1 atom stereocenters. The number of benzene rings is 1. The second kappa shape index (κ2) is 4.88. The second-order valence-corrected chi connectivity index (χ2v) is 4.28. The SMILES string of the molecule is N#Cc1ccc(N2CCC[C@H](C(=O)O)C2)cc1. The van der Waals surface area contributed by atoms with E-state index in [4.69, 9.17) is 10.4 Å². The molecule has 0 radical (unpaired) electrons. The van der Waals surface area contributed by atoms with Crippen LogP contribution in [0, 0.1) is 17.2 Å². The Balaban J connectivity index is 2.11. The summed E-state index contributed by atoms with van der Waals surface area (Å²) in [6.45, 7) is 1.44. The molecule has 1 saturated heterocycles. The molecule has 0 aromatic heterocycles. The van der Waals surface area contributed by atoms with Crippen LogP contribution in [0.2, 0.25) is 0 Å². The predicted molar refractivity (Wildman–Crippen MR) is 63.7 cm³/mol. The molecule has 1 heterocycles. The smallest absolute Gasteiger partial charge is 0.308 e. The molecule has 88 valence electrons. The van der Waals surface area contributed by atoms with E-state index >= 15 is 0 Å². The lowest BCUT2D eigenvalue weighted by molar-refractivity contribution is -0.141. The second-order valence-electron chi connectivity index (χ2n) is 4.28. The van der Waals surface area contributed by atoms with Crippen molar-refractivity contribution < 1.29 is 9.90 Å². The fraction of sp³-hybridized carbons (Fsp3) is 0.385. The molecule has 4 heteroatoms. The summed E-state index contributed by atoms with van der Waals surface area (Å²) in [5.74, 6) is -0.997. The Morgan fingerprint density at radius 3 is 2.71 bits per heavy atom. The highest BCUT2D eigenvalue weighted by Gasteiger charge is 2.25. The van der Waals surface area contributed by atoms with Crippen molar-refractivity contribution in [3.63, 3.8) is 0 Å². The molecular weight excluding hydrogens is 216 g/mol. The van der Waals surface area contributed by atoms with Gasteiger partial charge in [-0.1, -0.05) is 0 Å². The third-order valence-corrected chi connectivity index (χ3v) is 3.13. The molecule has 1 aliphatic heterocycles. The highest BCUT2D eigenvalue weighted by atomic mass is 16.4. The number of carboxylic acid groups (broad SMARTS) is 1. The zero-order chi connectivity index (χ0) is 12.3. The van der Waals surface area contributed by atoms with Crippen molar-refractivity contribution in [3.05, 3.63) is 29.8 Å². The fourth-order valence-corrected chi connectivity index (χ4v) is 2.16. The van der Waals surface area contributed by atoms with Gasteiger partial charge in [0.1, 0.15) is 0 Å². The summed E-state index contributed by atoms with van der Waals surface area (Å²) in [5.41, 5.74) is 1.62. The van der Waals surface area contributed by atoms with Gasteiger partial charge in [0, 0.05) is 18.8 Å². The Labute approximate surface area is 100 Å². The first-order valence-electron chi connectivity index (χ1n) is 5.68. The van der Waals surface area contributed by atoms with E-state index in [2.05, 4.69) is 11.0 Å². The number of hydrogen-bond acceptors (Lipinski definition) is 3. The molecular formula is C13H14N2O2. The molecule has 1 fully saturated rings. The Hall–Kier alpha value is -2.02. The Kier molecular flexibility index (Phi) is 3.29. The fourth-order valence-electron chi connectivity index (χ4n) is 2.16. The number of anilines is 1. The molecule has 0 amide bonds. The maximum absolute atomic E-state index is 11.0. The van der Waals surface area contributed by atoms with Crippen LogP contribution in [0.1, 0.15) is 18.4 Å². The number of nitrogens with zero attached hydrogens (tertiary/aromatic N) is 2. The molecule has 0 aliphatic carbocycles. The Morgan fingerprint density at radius 2 is 2.12 bits per heavy atom. The highest BCUT2D eigenvalue weighted by Crippen LogP contribution is 2.23. The van der Waals surface area contributed by atoms with Gasteiger partial charge in [0.2, 0.25) is 0 Å². The molecule has 0 spiro atoms. The van der Waals surface area contributed by atoms with Crippen molar-refractivity contribution in [1.29, 1.82) is 5.26 Å². The molecule has 2 rings (SSSR count). The van der Waals surface area contributed by atoms with Crippen LogP contribution in [-0.4, -0.2) is 24.2 Å². The topological polar surface area (TPSA) is 64.3 Å². The van der Waals surface area contributed by atoms with Gasteiger partial charge in [0.15, 0.2) is 0 Å². The lowest BCUT2D eigenvalue weighted by atomic mass is 9.98. The third kappa shape index (κ3) is 2.56. The van der Waals surface area contributed by atoms with E-state index in [1.807, 2.05) is 12.1 Å². The minimum absolute atomic E-state index is 0.278. The van der Waals surface area contributed by atoms with Crippen LogP contribution in [0.3, 0.4) is 0 Å². The van der Waals surface area contributed by atoms with Crippen LogP contribution in [0.25, 0.3) is 0 Å². The standard InChI is InChI=1S/C13H14N2O2/c14-8-10-3-5-12(6-4-10)15-7-1-2-11(9-15)13(16)17/h3-6,11H,1-2,7,9H2,(H,16,17)/t11-/m0/s1. The van der Waals surface area contributed by atoms with E-state index in [9.17, 15) is 4.79 Å². The summed E-state index contributed by atoms with van der Waals surface area (Å²) >= 11 is 0. The largest absolute Gasteiger partial charge is 0.481 e. The summed E-state index contributed by atoms with van der Waals surface area (Å²) in [4.78, 5) is 13.0. The molecule has 1 aliphatic rings. The van der Waals surface area contributed by atoms with Crippen molar-refractivity contribution in [2.45, 2.75) is 12.8 Å².